The van der Waals surface area contributed by atoms with Gasteiger partial charge < -0.3 is 4.57 Å². The molecule has 0 aliphatic heterocycles. The number of alkyl halides is 1. The Bertz CT molecular complexity index is 577. The van der Waals surface area contributed by atoms with Gasteiger partial charge in [-0.1, -0.05) is 0 Å². The van der Waals surface area contributed by atoms with Crippen LogP contribution in [0.5, 0.6) is 0 Å². The van der Waals surface area contributed by atoms with E-state index in [1.807, 2.05) is 0 Å². The van der Waals surface area contributed by atoms with Crippen molar-refractivity contribution >= 4 is 38.6 Å². The number of hydrogen-bond acceptors (Lipinski definition) is 1. The van der Waals surface area contributed by atoms with Gasteiger partial charge in [0, 0.05) is 12.6 Å². The van der Waals surface area contributed by atoms with Crippen LogP contribution in [0.1, 0.15) is 18.7 Å². The normalized spacial score (nSPS) is 15.7. The molecule has 2 nitrogen and oxygen atoms in total. The molecule has 5 heteroatoms. The zero-order valence-corrected chi connectivity index (χ0v) is 11.4. The minimum absolute atomic E-state index is 0.283. The summed E-state index contributed by atoms with van der Waals surface area (Å²) in [6, 6.07) is 3.24. The second kappa shape index (κ2) is 4.25. The third-order valence-corrected chi connectivity index (χ3v) is 3.97. The molecule has 0 atom stereocenters. The average molecular weight is 318 g/mol. The van der Waals surface area contributed by atoms with Crippen molar-refractivity contribution in [1.29, 1.82) is 0 Å². The van der Waals surface area contributed by atoms with Gasteiger partial charge in [0.2, 0.25) is 0 Å². The molecule has 90 valence electrons. The van der Waals surface area contributed by atoms with E-state index in [1.54, 1.807) is 6.07 Å². The van der Waals surface area contributed by atoms with Gasteiger partial charge in [-0.3, -0.25) is 0 Å². The van der Waals surface area contributed by atoms with Crippen LogP contribution in [0.25, 0.3) is 11.0 Å². The molecule has 0 radical (unpaired) electrons. The van der Waals surface area contributed by atoms with Crippen molar-refractivity contribution in [3.05, 3.63) is 28.2 Å². The van der Waals surface area contributed by atoms with Gasteiger partial charge in [-0.15, -0.1) is 11.6 Å². The van der Waals surface area contributed by atoms with E-state index < -0.39 is 0 Å². The highest BCUT2D eigenvalue weighted by molar-refractivity contribution is 9.10. The molecule has 1 aliphatic carbocycles. The third-order valence-electron chi connectivity index (χ3n) is 3.13. The molecule has 2 aromatic rings. The largest absolute Gasteiger partial charge is 0.327 e. The van der Waals surface area contributed by atoms with Gasteiger partial charge >= 0.3 is 0 Å². The Balaban J connectivity index is 2.17. The number of imidazole rings is 1. The summed E-state index contributed by atoms with van der Waals surface area (Å²) in [4.78, 5) is 4.38. The van der Waals surface area contributed by atoms with Crippen LogP contribution >= 0.6 is 27.5 Å². The van der Waals surface area contributed by atoms with Crippen molar-refractivity contribution in [3.8, 4) is 0 Å². The van der Waals surface area contributed by atoms with Crippen LogP contribution in [-0.2, 0) is 12.4 Å². The molecule has 0 bridgehead atoms. The maximum absolute atomic E-state index is 13.4. The minimum Gasteiger partial charge on any atom is -0.327 e. The second-order valence-corrected chi connectivity index (χ2v) is 5.59. The van der Waals surface area contributed by atoms with Gasteiger partial charge in [-0.2, -0.15) is 0 Å². The minimum atomic E-state index is -0.283. The second-order valence-electron chi connectivity index (χ2n) is 4.47. The van der Waals surface area contributed by atoms with Crippen LogP contribution in [0.15, 0.2) is 16.6 Å². The van der Waals surface area contributed by atoms with Crippen LogP contribution in [0, 0.1) is 11.7 Å². The molecular formula is C12H11BrClFN2. The molecule has 3 rings (SSSR count). The summed E-state index contributed by atoms with van der Waals surface area (Å²) in [5.74, 6) is 1.64. The molecule has 1 saturated carbocycles. The predicted molar refractivity (Wildman–Crippen MR) is 69.7 cm³/mol. The standard InChI is InChI=1S/C12H11BrClFN2/c13-8-3-11-10(4-9(8)15)16-12(5-14)17(11)6-7-1-2-7/h3-4,7H,1-2,5-6H2. The fourth-order valence-corrected chi connectivity index (χ4v) is 2.57. The summed E-state index contributed by atoms with van der Waals surface area (Å²) in [6.07, 6.45) is 2.54. The lowest BCUT2D eigenvalue weighted by Crippen LogP contribution is -2.03. The lowest BCUT2D eigenvalue weighted by Gasteiger charge is -2.06. The maximum atomic E-state index is 13.4. The van der Waals surface area contributed by atoms with E-state index in [4.69, 9.17) is 11.6 Å². The van der Waals surface area contributed by atoms with E-state index >= 15 is 0 Å². The first kappa shape index (κ1) is 11.5. The summed E-state index contributed by atoms with van der Waals surface area (Å²) in [5.41, 5.74) is 1.64. The summed E-state index contributed by atoms with van der Waals surface area (Å²) in [6.45, 7) is 0.941. The van der Waals surface area contributed by atoms with E-state index in [0.29, 0.717) is 15.9 Å². The monoisotopic (exact) mass is 316 g/mol. The van der Waals surface area contributed by atoms with Crippen molar-refractivity contribution < 1.29 is 4.39 Å². The van der Waals surface area contributed by atoms with Crippen molar-refractivity contribution in [3.63, 3.8) is 0 Å². The third kappa shape index (κ3) is 2.08. The van der Waals surface area contributed by atoms with Gasteiger partial charge in [-0.25, -0.2) is 9.37 Å². The number of nitrogens with zero attached hydrogens (tertiary/aromatic N) is 2. The Morgan fingerprint density at radius 2 is 2.24 bits per heavy atom. The molecule has 0 amide bonds. The maximum Gasteiger partial charge on any atom is 0.139 e. The van der Waals surface area contributed by atoms with Crippen LogP contribution in [0.4, 0.5) is 4.39 Å². The fraction of sp³-hybridized carbons (Fsp3) is 0.417. The number of hydrogen-bond donors (Lipinski definition) is 0. The van der Waals surface area contributed by atoms with Gasteiger partial charge in [0.25, 0.3) is 0 Å². The van der Waals surface area contributed by atoms with Crippen molar-refractivity contribution in [1.82, 2.24) is 9.55 Å². The number of benzene rings is 1. The molecule has 0 spiro atoms. The van der Waals surface area contributed by atoms with Crippen molar-refractivity contribution in [2.75, 3.05) is 0 Å². The van der Waals surface area contributed by atoms with E-state index in [1.165, 1.54) is 18.9 Å². The summed E-state index contributed by atoms with van der Waals surface area (Å²) in [7, 11) is 0. The van der Waals surface area contributed by atoms with Crippen molar-refractivity contribution in [2.45, 2.75) is 25.3 Å². The zero-order chi connectivity index (χ0) is 12.0. The van der Waals surface area contributed by atoms with E-state index in [-0.39, 0.29) is 5.82 Å². The van der Waals surface area contributed by atoms with Gasteiger partial charge in [0.1, 0.15) is 11.6 Å². The Morgan fingerprint density at radius 3 is 2.88 bits per heavy atom. The predicted octanol–water partition coefficient (Wildman–Crippen LogP) is 4.09. The summed E-state index contributed by atoms with van der Waals surface area (Å²) < 4.78 is 16.0. The number of fused-ring (bicyclic) bond motifs is 1. The highest BCUT2D eigenvalue weighted by atomic mass is 79.9. The topological polar surface area (TPSA) is 17.8 Å². The van der Waals surface area contributed by atoms with Crippen LogP contribution in [0.2, 0.25) is 0 Å². The highest BCUT2D eigenvalue weighted by Crippen LogP contribution is 2.33. The quantitative estimate of drug-likeness (QED) is 0.780. The Kier molecular flexibility index (Phi) is 2.87. The first-order chi connectivity index (χ1) is 8.19. The number of aromatic nitrogens is 2. The molecule has 0 unspecified atom stereocenters. The molecule has 1 heterocycles. The lowest BCUT2D eigenvalue weighted by atomic mass is 10.3. The molecule has 0 saturated heterocycles. The highest BCUT2D eigenvalue weighted by Gasteiger charge is 2.24. The SMILES string of the molecule is Fc1cc2nc(CCl)n(CC3CC3)c2cc1Br. The van der Waals surface area contributed by atoms with Gasteiger partial charge in [0.05, 0.1) is 21.4 Å². The molecule has 1 fully saturated rings. The lowest BCUT2D eigenvalue weighted by molar-refractivity contribution is 0.618. The zero-order valence-electron chi connectivity index (χ0n) is 9.09. The van der Waals surface area contributed by atoms with Crippen LogP contribution in [0.3, 0.4) is 0 Å². The molecular weight excluding hydrogens is 307 g/mol. The number of halogens is 3. The molecule has 1 aromatic carbocycles. The van der Waals surface area contributed by atoms with E-state index in [0.717, 1.165) is 23.8 Å². The molecule has 1 aromatic heterocycles. The van der Waals surface area contributed by atoms with Crippen molar-refractivity contribution in [2.24, 2.45) is 5.92 Å². The van der Waals surface area contributed by atoms with Gasteiger partial charge in [-0.05, 0) is 40.8 Å². The fourth-order valence-electron chi connectivity index (χ4n) is 2.03. The van der Waals surface area contributed by atoms with Crippen LogP contribution in [-0.4, -0.2) is 9.55 Å². The van der Waals surface area contributed by atoms with Gasteiger partial charge in [0.15, 0.2) is 0 Å². The summed E-state index contributed by atoms with van der Waals surface area (Å²) >= 11 is 9.11. The Labute approximate surface area is 112 Å². The smallest absolute Gasteiger partial charge is 0.139 e. The average Bonchev–Trinajstić information content (AvgIpc) is 3.06. The number of rotatable bonds is 3. The van der Waals surface area contributed by atoms with Crippen LogP contribution < -0.4 is 0 Å². The first-order valence-corrected chi connectivity index (χ1v) is 6.92. The summed E-state index contributed by atoms with van der Waals surface area (Å²) in [5, 5.41) is 0. The Hall–Kier alpha value is -0.610. The van der Waals surface area contributed by atoms with E-state index in [2.05, 4.69) is 25.5 Å². The molecule has 17 heavy (non-hydrogen) atoms. The molecule has 1 aliphatic rings. The Morgan fingerprint density at radius 1 is 1.47 bits per heavy atom. The molecule has 0 N–H and O–H groups in total. The first-order valence-electron chi connectivity index (χ1n) is 5.59. The van der Waals surface area contributed by atoms with E-state index in [9.17, 15) is 4.39 Å².